The highest BCUT2D eigenvalue weighted by Gasteiger charge is 2.05. The maximum Gasteiger partial charge on any atom is 0.118 e. The van der Waals surface area contributed by atoms with Gasteiger partial charge in [-0.15, -0.1) is 0 Å². The summed E-state index contributed by atoms with van der Waals surface area (Å²) >= 11 is 0. The summed E-state index contributed by atoms with van der Waals surface area (Å²) in [5.74, 6) is 0.912. The summed E-state index contributed by atoms with van der Waals surface area (Å²) in [5.41, 5.74) is 2.50. The molecule has 3 nitrogen and oxygen atoms in total. The molecule has 1 N–H and O–H groups in total. The average molecular weight is 257 g/mol. The molecule has 0 amide bonds. The number of benzene rings is 1. The second-order valence-corrected chi connectivity index (χ2v) is 4.80. The van der Waals surface area contributed by atoms with Gasteiger partial charge < -0.3 is 9.64 Å². The van der Waals surface area contributed by atoms with Crippen LogP contribution in [-0.4, -0.2) is 25.7 Å². The number of ether oxygens (including phenoxy) is 1. The number of quaternary nitrogens is 1. The Hall–Kier alpha value is -1.87. The highest BCUT2D eigenvalue weighted by atomic mass is 16.5. The van der Waals surface area contributed by atoms with Gasteiger partial charge >= 0.3 is 0 Å². The lowest BCUT2D eigenvalue weighted by Crippen LogP contribution is -3.07. The Kier molecular flexibility index (Phi) is 4.93. The van der Waals surface area contributed by atoms with E-state index in [1.54, 1.807) is 7.11 Å². The van der Waals surface area contributed by atoms with E-state index in [9.17, 15) is 0 Å². The quantitative estimate of drug-likeness (QED) is 0.845. The molecule has 3 heteroatoms. The minimum atomic E-state index is 0.912. The van der Waals surface area contributed by atoms with Gasteiger partial charge in [0, 0.05) is 23.9 Å². The van der Waals surface area contributed by atoms with E-state index < -0.39 is 0 Å². The first kappa shape index (κ1) is 13.6. The van der Waals surface area contributed by atoms with Crippen molar-refractivity contribution in [1.29, 1.82) is 0 Å². The third-order valence-corrected chi connectivity index (χ3v) is 3.20. The molecule has 0 aliphatic rings. The van der Waals surface area contributed by atoms with E-state index in [0.29, 0.717) is 0 Å². The van der Waals surface area contributed by atoms with Crippen molar-refractivity contribution in [3.63, 3.8) is 0 Å². The zero-order chi connectivity index (χ0) is 13.5. The van der Waals surface area contributed by atoms with Gasteiger partial charge in [-0.05, 0) is 36.4 Å². The second-order valence-electron chi connectivity index (χ2n) is 4.80. The molecular weight excluding hydrogens is 236 g/mol. The number of hydrogen-bond donors (Lipinski definition) is 1. The van der Waals surface area contributed by atoms with Crippen LogP contribution in [0.2, 0.25) is 0 Å². The van der Waals surface area contributed by atoms with E-state index in [0.717, 1.165) is 31.0 Å². The van der Waals surface area contributed by atoms with Gasteiger partial charge in [0.05, 0.1) is 20.7 Å². The number of rotatable bonds is 6. The van der Waals surface area contributed by atoms with Gasteiger partial charge in [-0.1, -0.05) is 6.07 Å². The monoisotopic (exact) mass is 257 g/mol. The smallest absolute Gasteiger partial charge is 0.118 e. The third kappa shape index (κ3) is 4.38. The number of nitrogens with zero attached hydrogens (tertiary/aromatic N) is 1. The van der Waals surface area contributed by atoms with Crippen molar-refractivity contribution in [2.75, 3.05) is 20.7 Å². The van der Waals surface area contributed by atoms with Crippen molar-refractivity contribution in [3.05, 3.63) is 59.9 Å². The van der Waals surface area contributed by atoms with E-state index in [1.807, 2.05) is 30.5 Å². The van der Waals surface area contributed by atoms with Gasteiger partial charge in [0.1, 0.15) is 12.3 Å². The van der Waals surface area contributed by atoms with Crippen LogP contribution in [-0.2, 0) is 13.0 Å². The molecule has 1 aromatic heterocycles. The van der Waals surface area contributed by atoms with Crippen LogP contribution in [0.3, 0.4) is 0 Å². The van der Waals surface area contributed by atoms with Crippen LogP contribution in [0.4, 0.5) is 0 Å². The second kappa shape index (κ2) is 6.90. The molecule has 100 valence electrons. The fourth-order valence-corrected chi connectivity index (χ4v) is 2.07. The fourth-order valence-electron chi connectivity index (χ4n) is 2.07. The van der Waals surface area contributed by atoms with Gasteiger partial charge in [-0.25, -0.2) is 0 Å². The average Bonchev–Trinajstić information content (AvgIpc) is 2.47. The predicted octanol–water partition coefficient (Wildman–Crippen LogP) is 1.35. The molecule has 0 aliphatic carbocycles. The summed E-state index contributed by atoms with van der Waals surface area (Å²) in [6.45, 7) is 2.11. The van der Waals surface area contributed by atoms with E-state index in [-0.39, 0.29) is 0 Å². The maximum absolute atomic E-state index is 5.16. The Morgan fingerprint density at radius 1 is 1.11 bits per heavy atom. The standard InChI is InChI=1S/C16H20N2O/c1-18(12-10-15-5-3-4-11-17-15)13-14-6-8-16(19-2)9-7-14/h3-9,11H,10,12-13H2,1-2H3/p+1. The van der Waals surface area contributed by atoms with Crippen LogP contribution in [0.1, 0.15) is 11.3 Å². The van der Waals surface area contributed by atoms with Crippen molar-refractivity contribution in [3.8, 4) is 5.75 Å². The van der Waals surface area contributed by atoms with Crippen LogP contribution in [0.5, 0.6) is 5.75 Å². The van der Waals surface area contributed by atoms with Crippen LogP contribution in [0, 0.1) is 0 Å². The largest absolute Gasteiger partial charge is 0.497 e. The summed E-state index contributed by atoms with van der Waals surface area (Å²) in [6, 6.07) is 14.4. The molecule has 1 atom stereocenters. The molecule has 0 fully saturated rings. The van der Waals surface area contributed by atoms with Crippen molar-refractivity contribution < 1.29 is 9.64 Å². The lowest BCUT2D eigenvalue weighted by molar-refractivity contribution is -0.893. The molecule has 0 radical (unpaired) electrons. The van der Waals surface area contributed by atoms with E-state index in [2.05, 4.69) is 30.2 Å². The Morgan fingerprint density at radius 2 is 1.89 bits per heavy atom. The van der Waals surface area contributed by atoms with E-state index >= 15 is 0 Å². The van der Waals surface area contributed by atoms with Crippen LogP contribution in [0.25, 0.3) is 0 Å². The molecule has 0 bridgehead atoms. The minimum absolute atomic E-state index is 0.912. The van der Waals surface area contributed by atoms with Crippen molar-refractivity contribution in [2.45, 2.75) is 13.0 Å². The number of pyridine rings is 1. The van der Waals surface area contributed by atoms with Gasteiger partial charge in [-0.3, -0.25) is 4.98 Å². The number of hydrogen-bond acceptors (Lipinski definition) is 2. The summed E-state index contributed by atoms with van der Waals surface area (Å²) < 4.78 is 5.16. The van der Waals surface area contributed by atoms with Crippen LogP contribution in [0.15, 0.2) is 48.7 Å². The third-order valence-electron chi connectivity index (χ3n) is 3.20. The van der Waals surface area contributed by atoms with Gasteiger partial charge in [0.15, 0.2) is 0 Å². The van der Waals surface area contributed by atoms with Gasteiger partial charge in [-0.2, -0.15) is 0 Å². The fraction of sp³-hybridized carbons (Fsp3) is 0.312. The van der Waals surface area contributed by atoms with Crippen molar-refractivity contribution in [1.82, 2.24) is 4.98 Å². The summed E-state index contributed by atoms with van der Waals surface area (Å²) in [6.07, 6.45) is 2.87. The first-order valence-corrected chi connectivity index (χ1v) is 6.62. The lowest BCUT2D eigenvalue weighted by Gasteiger charge is -2.14. The first-order valence-electron chi connectivity index (χ1n) is 6.62. The summed E-state index contributed by atoms with van der Waals surface area (Å²) in [4.78, 5) is 5.83. The minimum Gasteiger partial charge on any atom is -0.497 e. The summed E-state index contributed by atoms with van der Waals surface area (Å²) in [7, 11) is 3.91. The number of nitrogens with one attached hydrogen (secondary N) is 1. The molecular formula is C16H21N2O+. The normalized spacial score (nSPS) is 12.1. The highest BCUT2D eigenvalue weighted by Crippen LogP contribution is 2.10. The Morgan fingerprint density at radius 3 is 2.53 bits per heavy atom. The molecule has 0 saturated carbocycles. The molecule has 2 aromatic rings. The Balaban J connectivity index is 1.82. The Bertz CT molecular complexity index is 482. The van der Waals surface area contributed by atoms with E-state index in [4.69, 9.17) is 4.74 Å². The van der Waals surface area contributed by atoms with Gasteiger partial charge in [0.2, 0.25) is 0 Å². The zero-order valence-electron chi connectivity index (χ0n) is 11.6. The molecule has 19 heavy (non-hydrogen) atoms. The molecule has 0 aliphatic heterocycles. The maximum atomic E-state index is 5.16. The van der Waals surface area contributed by atoms with E-state index in [1.165, 1.54) is 10.5 Å². The molecule has 1 heterocycles. The SMILES string of the molecule is COc1ccc(C[NH+](C)CCc2ccccn2)cc1. The van der Waals surface area contributed by atoms with Crippen LogP contribution >= 0.6 is 0 Å². The summed E-state index contributed by atoms with van der Waals surface area (Å²) in [5, 5.41) is 0. The number of methoxy groups -OCH3 is 1. The molecule has 1 aromatic carbocycles. The topological polar surface area (TPSA) is 26.6 Å². The number of likely N-dealkylation sites (N-methyl/N-ethyl adjacent to an activating group) is 1. The predicted molar refractivity (Wildman–Crippen MR) is 76.4 cm³/mol. The Labute approximate surface area is 114 Å². The van der Waals surface area contributed by atoms with Gasteiger partial charge in [0.25, 0.3) is 0 Å². The molecule has 2 rings (SSSR count). The van der Waals surface area contributed by atoms with Crippen molar-refractivity contribution in [2.24, 2.45) is 0 Å². The first-order chi connectivity index (χ1) is 9.28. The molecule has 0 saturated heterocycles. The lowest BCUT2D eigenvalue weighted by atomic mass is 10.2. The molecule has 1 unspecified atom stereocenters. The van der Waals surface area contributed by atoms with Crippen LogP contribution < -0.4 is 9.64 Å². The molecule has 0 spiro atoms. The highest BCUT2D eigenvalue weighted by molar-refractivity contribution is 5.26. The van der Waals surface area contributed by atoms with Crippen molar-refractivity contribution >= 4 is 0 Å². The zero-order valence-corrected chi connectivity index (χ0v) is 11.6. The number of aromatic nitrogens is 1.